The lowest BCUT2D eigenvalue weighted by molar-refractivity contribution is 0.168. The number of aromatic nitrogens is 1. The maximum atomic E-state index is 5.97. The maximum Gasteiger partial charge on any atom is 0.0575 e. The average molecular weight is 191 g/mol. The fraction of sp³-hybridized carbons (Fsp3) is 0.545. The lowest BCUT2D eigenvalue weighted by atomic mass is 9.96. The molecule has 1 aromatic rings. The number of hydrogen-bond acceptors (Lipinski definition) is 3. The number of likely N-dealkylation sites (tertiary alicyclic amines) is 1. The molecular weight excluding hydrogens is 174 g/mol. The van der Waals surface area contributed by atoms with E-state index in [0.717, 1.165) is 25.1 Å². The van der Waals surface area contributed by atoms with E-state index in [1.54, 1.807) is 0 Å². The zero-order valence-electron chi connectivity index (χ0n) is 8.56. The Kier molecular flexibility index (Phi) is 2.79. The second kappa shape index (κ2) is 4.07. The Bertz CT molecular complexity index is 286. The molecule has 2 rings (SSSR count). The molecule has 0 radical (unpaired) electrons. The van der Waals surface area contributed by atoms with Gasteiger partial charge in [0.1, 0.15) is 0 Å². The molecule has 1 aliphatic rings. The van der Waals surface area contributed by atoms with Gasteiger partial charge in [-0.3, -0.25) is 9.88 Å². The molecule has 2 atom stereocenters. The van der Waals surface area contributed by atoms with Crippen LogP contribution in [0.15, 0.2) is 24.4 Å². The lowest BCUT2D eigenvalue weighted by Gasteiger charge is -2.35. The van der Waals surface area contributed by atoms with Crippen molar-refractivity contribution >= 4 is 0 Å². The van der Waals surface area contributed by atoms with E-state index in [0.29, 0.717) is 12.1 Å². The van der Waals surface area contributed by atoms with Crippen LogP contribution in [0.4, 0.5) is 0 Å². The molecule has 1 aliphatic heterocycles. The van der Waals surface area contributed by atoms with Crippen molar-refractivity contribution in [2.24, 2.45) is 5.73 Å². The highest BCUT2D eigenvalue weighted by Gasteiger charge is 2.25. The van der Waals surface area contributed by atoms with Crippen LogP contribution in [0.25, 0.3) is 0 Å². The zero-order chi connectivity index (χ0) is 9.97. The minimum Gasteiger partial charge on any atom is -0.328 e. The van der Waals surface area contributed by atoms with E-state index in [2.05, 4.69) is 23.0 Å². The molecule has 0 bridgehead atoms. The second-order valence-corrected chi connectivity index (χ2v) is 4.04. The molecule has 0 aliphatic carbocycles. The Morgan fingerprint density at radius 2 is 2.36 bits per heavy atom. The molecule has 2 heterocycles. The monoisotopic (exact) mass is 191 g/mol. The van der Waals surface area contributed by atoms with Crippen molar-refractivity contribution in [1.29, 1.82) is 0 Å². The van der Waals surface area contributed by atoms with Crippen molar-refractivity contribution in [2.75, 3.05) is 13.6 Å². The number of nitrogens with zero attached hydrogens (tertiary/aromatic N) is 2. The van der Waals surface area contributed by atoms with E-state index in [-0.39, 0.29) is 0 Å². The number of nitrogens with two attached hydrogens (primary N) is 1. The molecule has 1 aromatic heterocycles. The fourth-order valence-electron chi connectivity index (χ4n) is 2.03. The van der Waals surface area contributed by atoms with E-state index in [1.165, 1.54) is 0 Å². The summed E-state index contributed by atoms with van der Waals surface area (Å²) >= 11 is 0. The average Bonchev–Trinajstić information content (AvgIpc) is 2.23. The van der Waals surface area contributed by atoms with E-state index in [1.807, 2.05) is 18.3 Å². The van der Waals surface area contributed by atoms with Crippen LogP contribution in [-0.2, 0) is 0 Å². The molecule has 3 nitrogen and oxygen atoms in total. The van der Waals surface area contributed by atoms with Crippen molar-refractivity contribution in [3.05, 3.63) is 30.1 Å². The smallest absolute Gasteiger partial charge is 0.0575 e. The summed E-state index contributed by atoms with van der Waals surface area (Å²) in [5, 5.41) is 0. The molecule has 0 saturated carbocycles. The van der Waals surface area contributed by atoms with Gasteiger partial charge in [-0.1, -0.05) is 6.07 Å². The van der Waals surface area contributed by atoms with E-state index in [4.69, 9.17) is 5.73 Å². The van der Waals surface area contributed by atoms with Crippen molar-refractivity contribution < 1.29 is 0 Å². The van der Waals surface area contributed by atoms with Crippen molar-refractivity contribution in [2.45, 2.75) is 24.9 Å². The van der Waals surface area contributed by atoms with Gasteiger partial charge in [0.2, 0.25) is 0 Å². The van der Waals surface area contributed by atoms with E-state index in [9.17, 15) is 0 Å². The quantitative estimate of drug-likeness (QED) is 0.724. The molecule has 0 amide bonds. The molecule has 0 aromatic carbocycles. The van der Waals surface area contributed by atoms with Gasteiger partial charge in [0.25, 0.3) is 0 Å². The molecule has 14 heavy (non-hydrogen) atoms. The first-order chi connectivity index (χ1) is 6.77. The normalized spacial score (nSPS) is 29.0. The fourth-order valence-corrected chi connectivity index (χ4v) is 2.03. The predicted molar refractivity (Wildman–Crippen MR) is 56.8 cm³/mol. The van der Waals surface area contributed by atoms with Crippen LogP contribution < -0.4 is 5.73 Å². The highest BCUT2D eigenvalue weighted by molar-refractivity contribution is 5.10. The van der Waals surface area contributed by atoms with E-state index >= 15 is 0 Å². The third-order valence-corrected chi connectivity index (χ3v) is 2.94. The third-order valence-electron chi connectivity index (χ3n) is 2.94. The maximum absolute atomic E-state index is 5.97. The topological polar surface area (TPSA) is 42.1 Å². The van der Waals surface area contributed by atoms with Gasteiger partial charge < -0.3 is 5.73 Å². The van der Waals surface area contributed by atoms with Crippen LogP contribution in [0.2, 0.25) is 0 Å². The number of pyridine rings is 1. The summed E-state index contributed by atoms with van der Waals surface area (Å²) in [5.41, 5.74) is 7.11. The van der Waals surface area contributed by atoms with Crippen molar-refractivity contribution in [3.63, 3.8) is 0 Å². The largest absolute Gasteiger partial charge is 0.328 e. The predicted octanol–water partition coefficient (Wildman–Crippen LogP) is 1.18. The van der Waals surface area contributed by atoms with Crippen LogP contribution in [0.5, 0.6) is 0 Å². The Morgan fingerprint density at radius 3 is 3.07 bits per heavy atom. The first kappa shape index (κ1) is 9.62. The summed E-state index contributed by atoms with van der Waals surface area (Å²) in [5.74, 6) is 0. The van der Waals surface area contributed by atoms with Gasteiger partial charge in [0.05, 0.1) is 11.7 Å². The molecule has 2 N–H and O–H groups in total. The summed E-state index contributed by atoms with van der Waals surface area (Å²) in [7, 11) is 2.14. The Hall–Kier alpha value is -0.930. The summed E-state index contributed by atoms with van der Waals surface area (Å²) in [4.78, 5) is 6.73. The van der Waals surface area contributed by atoms with Gasteiger partial charge in [-0.2, -0.15) is 0 Å². The summed E-state index contributed by atoms with van der Waals surface area (Å²) in [6, 6.07) is 6.81. The number of piperidine rings is 1. The van der Waals surface area contributed by atoms with Crippen LogP contribution in [-0.4, -0.2) is 29.5 Å². The van der Waals surface area contributed by atoms with Gasteiger partial charge >= 0.3 is 0 Å². The van der Waals surface area contributed by atoms with Crippen LogP contribution in [0.1, 0.15) is 24.6 Å². The standard InChI is InChI=1S/C11H17N3/c1-14-7-5-9(12)8-11(14)10-4-2-3-6-13-10/h2-4,6,9,11H,5,7-8,12H2,1H3. The summed E-state index contributed by atoms with van der Waals surface area (Å²) in [6.45, 7) is 1.07. The van der Waals surface area contributed by atoms with E-state index < -0.39 is 0 Å². The zero-order valence-corrected chi connectivity index (χ0v) is 8.56. The second-order valence-electron chi connectivity index (χ2n) is 4.04. The molecule has 3 heteroatoms. The Balaban J connectivity index is 2.16. The Morgan fingerprint density at radius 1 is 1.50 bits per heavy atom. The first-order valence-corrected chi connectivity index (χ1v) is 5.14. The highest BCUT2D eigenvalue weighted by Crippen LogP contribution is 2.27. The SMILES string of the molecule is CN1CCC(N)CC1c1ccccn1. The first-order valence-electron chi connectivity index (χ1n) is 5.14. The highest BCUT2D eigenvalue weighted by atomic mass is 15.2. The number of rotatable bonds is 1. The Labute approximate surface area is 84.9 Å². The van der Waals surface area contributed by atoms with Gasteiger partial charge in [-0.25, -0.2) is 0 Å². The molecule has 76 valence electrons. The summed E-state index contributed by atoms with van der Waals surface area (Å²) < 4.78 is 0. The van der Waals surface area contributed by atoms with Crippen molar-refractivity contribution in [3.8, 4) is 0 Å². The number of hydrogen-bond donors (Lipinski definition) is 1. The molecule has 0 spiro atoms. The van der Waals surface area contributed by atoms with Crippen LogP contribution in [0, 0.1) is 0 Å². The van der Waals surface area contributed by atoms with Crippen molar-refractivity contribution in [1.82, 2.24) is 9.88 Å². The van der Waals surface area contributed by atoms with Gasteiger partial charge in [0.15, 0.2) is 0 Å². The molecule has 2 unspecified atom stereocenters. The van der Waals surface area contributed by atoms with Crippen LogP contribution >= 0.6 is 0 Å². The lowest BCUT2D eigenvalue weighted by Crippen LogP contribution is -2.40. The summed E-state index contributed by atoms with van der Waals surface area (Å²) in [6.07, 6.45) is 3.97. The third kappa shape index (κ3) is 1.94. The van der Waals surface area contributed by atoms with Gasteiger partial charge in [-0.05, 0) is 38.6 Å². The molecule has 1 fully saturated rings. The van der Waals surface area contributed by atoms with Gasteiger partial charge in [-0.15, -0.1) is 0 Å². The molecular formula is C11H17N3. The minimum absolute atomic E-state index is 0.332. The van der Waals surface area contributed by atoms with Crippen LogP contribution in [0.3, 0.4) is 0 Å². The minimum atomic E-state index is 0.332. The molecule has 1 saturated heterocycles. The van der Waals surface area contributed by atoms with Gasteiger partial charge in [0, 0.05) is 12.2 Å².